The monoisotopic (exact) mass is 500 g/mol. The van der Waals surface area contributed by atoms with E-state index in [0.717, 1.165) is 16.2 Å². The van der Waals surface area contributed by atoms with Crippen LogP contribution in [-0.2, 0) is 14.4 Å². The van der Waals surface area contributed by atoms with Gasteiger partial charge in [-0.15, -0.1) is 28.0 Å². The average Bonchev–Trinajstić information content (AvgIpc) is 3.26. The molecule has 1 saturated heterocycles. The molecular formula is C20H16N6O6S2. The van der Waals surface area contributed by atoms with Crippen molar-refractivity contribution in [2.45, 2.75) is 17.5 Å². The van der Waals surface area contributed by atoms with Crippen molar-refractivity contribution < 1.29 is 24.2 Å². The number of rotatable bonds is 8. The summed E-state index contributed by atoms with van der Waals surface area (Å²) < 4.78 is 5.64. The average molecular weight is 501 g/mol. The van der Waals surface area contributed by atoms with Crippen molar-refractivity contribution in [2.24, 2.45) is 5.18 Å². The van der Waals surface area contributed by atoms with Crippen molar-refractivity contribution in [3.05, 3.63) is 57.1 Å². The third-order valence-corrected chi connectivity index (χ3v) is 7.13. The van der Waals surface area contributed by atoms with Gasteiger partial charge in [0, 0.05) is 16.7 Å². The predicted molar refractivity (Wildman–Crippen MR) is 121 cm³/mol. The number of nitrogens with one attached hydrogen (secondary N) is 1. The van der Waals surface area contributed by atoms with Crippen molar-refractivity contribution >= 4 is 46.0 Å². The molecule has 34 heavy (non-hydrogen) atoms. The van der Waals surface area contributed by atoms with E-state index in [2.05, 4.69) is 15.5 Å². The molecular weight excluding hydrogens is 484 g/mol. The number of β-lactam (4-membered cyclic amide) rings is 1. The van der Waals surface area contributed by atoms with Gasteiger partial charge in [0.15, 0.2) is 5.13 Å². The summed E-state index contributed by atoms with van der Waals surface area (Å²) in [5.74, 6) is -2.14. The van der Waals surface area contributed by atoms with Gasteiger partial charge in [-0.1, -0.05) is 6.07 Å². The summed E-state index contributed by atoms with van der Waals surface area (Å²) in [4.78, 5) is 53.5. The molecule has 4 N–H and O–H groups in total. The number of aliphatic carboxylic acids is 1. The molecule has 1 fully saturated rings. The van der Waals surface area contributed by atoms with Gasteiger partial charge < -0.3 is 20.9 Å². The normalized spacial score (nSPS) is 20.0. The molecule has 0 aliphatic carbocycles. The van der Waals surface area contributed by atoms with Gasteiger partial charge >= 0.3 is 5.97 Å². The van der Waals surface area contributed by atoms with E-state index < -0.39 is 35.2 Å². The molecule has 174 valence electrons. The van der Waals surface area contributed by atoms with Gasteiger partial charge in [0.25, 0.3) is 11.8 Å². The highest BCUT2D eigenvalue weighted by Crippen LogP contribution is 2.40. The number of ether oxygens (including phenoxy) is 1. The summed E-state index contributed by atoms with van der Waals surface area (Å²) >= 11 is 2.29. The summed E-state index contributed by atoms with van der Waals surface area (Å²) in [6.07, 6.45) is 0. The zero-order chi connectivity index (χ0) is 24.4. The fraction of sp³-hybridized carbons (Fsp3) is 0.250. The van der Waals surface area contributed by atoms with Gasteiger partial charge in [-0.3, -0.25) is 14.5 Å². The van der Waals surface area contributed by atoms with Crippen LogP contribution >= 0.6 is 23.1 Å². The summed E-state index contributed by atoms with van der Waals surface area (Å²) in [7, 11) is 0. The van der Waals surface area contributed by atoms with Gasteiger partial charge in [0.05, 0.1) is 17.3 Å². The molecule has 2 aromatic rings. The van der Waals surface area contributed by atoms with E-state index in [-0.39, 0.29) is 28.9 Å². The molecule has 2 amide bonds. The third kappa shape index (κ3) is 4.30. The first-order valence-electron chi connectivity index (χ1n) is 9.70. The maximum atomic E-state index is 12.8. The highest BCUT2D eigenvalue weighted by atomic mass is 32.2. The summed E-state index contributed by atoms with van der Waals surface area (Å²) in [6.45, 7) is -0.0978. The van der Waals surface area contributed by atoms with Gasteiger partial charge in [-0.05, 0) is 23.4 Å². The predicted octanol–water partition coefficient (Wildman–Crippen LogP) is 1.22. The largest absolute Gasteiger partial charge is 0.489 e. The number of aromatic nitrogens is 1. The lowest BCUT2D eigenvalue weighted by Gasteiger charge is -2.49. The molecule has 14 heteroatoms. The Labute approximate surface area is 200 Å². The number of nitrogen functional groups attached to an aromatic ring is 1. The second-order valence-electron chi connectivity index (χ2n) is 7.20. The van der Waals surface area contributed by atoms with Crippen molar-refractivity contribution in [3.63, 3.8) is 0 Å². The van der Waals surface area contributed by atoms with E-state index in [9.17, 15) is 24.4 Å². The van der Waals surface area contributed by atoms with Crippen LogP contribution in [0.25, 0.3) is 0 Å². The van der Waals surface area contributed by atoms with E-state index in [1.807, 2.05) is 6.07 Å². The highest BCUT2D eigenvalue weighted by Gasteiger charge is 2.54. The lowest BCUT2D eigenvalue weighted by Crippen LogP contribution is -2.71. The number of amides is 2. The lowest BCUT2D eigenvalue weighted by atomic mass is 10.0. The van der Waals surface area contributed by atoms with Gasteiger partial charge in [0.2, 0.25) is 6.04 Å². The zero-order valence-electron chi connectivity index (χ0n) is 17.2. The van der Waals surface area contributed by atoms with Crippen LogP contribution < -0.4 is 15.8 Å². The number of carbonyl (C=O) groups excluding carboxylic acids is 2. The maximum absolute atomic E-state index is 12.8. The van der Waals surface area contributed by atoms with Crippen LogP contribution in [0.5, 0.6) is 5.75 Å². The molecule has 0 saturated carbocycles. The van der Waals surface area contributed by atoms with Crippen molar-refractivity contribution in [1.82, 2.24) is 15.2 Å². The Balaban J connectivity index is 1.47. The van der Waals surface area contributed by atoms with Gasteiger partial charge in [0.1, 0.15) is 29.5 Å². The van der Waals surface area contributed by atoms with Gasteiger partial charge in [-0.2, -0.15) is 5.26 Å². The summed E-state index contributed by atoms with van der Waals surface area (Å²) in [6, 6.07) is 5.89. The number of fused-ring (bicyclic) bond motifs is 1. The fourth-order valence-corrected chi connectivity index (χ4v) is 5.42. The Morgan fingerprint density at radius 3 is 2.91 bits per heavy atom. The Morgan fingerprint density at radius 2 is 2.26 bits per heavy atom. The number of nitrogens with two attached hydrogens (primary N) is 1. The minimum atomic E-state index is -1.48. The van der Waals surface area contributed by atoms with Crippen LogP contribution in [0.1, 0.15) is 17.3 Å². The van der Waals surface area contributed by atoms with E-state index in [1.165, 1.54) is 23.2 Å². The molecule has 3 heterocycles. The number of carbonyl (C=O) groups is 3. The highest BCUT2D eigenvalue weighted by molar-refractivity contribution is 8.00. The maximum Gasteiger partial charge on any atom is 0.352 e. The molecule has 2 aliphatic heterocycles. The number of anilines is 1. The minimum absolute atomic E-state index is 0.0703. The van der Waals surface area contributed by atoms with Crippen molar-refractivity contribution in [2.75, 3.05) is 18.1 Å². The van der Waals surface area contributed by atoms with Crippen LogP contribution in [0.3, 0.4) is 0 Å². The van der Waals surface area contributed by atoms with Gasteiger partial charge in [-0.25, -0.2) is 9.78 Å². The number of benzene rings is 1. The van der Waals surface area contributed by atoms with Crippen LogP contribution in [-0.4, -0.2) is 56.5 Å². The number of carboxylic acids is 1. The number of thioether (sulfide) groups is 1. The molecule has 0 bridgehead atoms. The SMILES string of the molecule is N#Cc1cccc(OCC2=C(C(=O)O)N3C(=O)C(NC(=O)C(N=O)c4csc(N)n4)[C@@H]3SC2)c1. The number of nitrogens with zero attached hydrogens (tertiary/aromatic N) is 4. The Hall–Kier alpha value is -3.96. The first-order chi connectivity index (χ1) is 16.3. The van der Waals surface area contributed by atoms with E-state index in [1.54, 1.807) is 18.2 Å². The lowest BCUT2D eigenvalue weighted by molar-refractivity contribution is -0.151. The third-order valence-electron chi connectivity index (χ3n) is 5.10. The quantitative estimate of drug-likeness (QED) is 0.351. The smallest absolute Gasteiger partial charge is 0.352 e. The number of hydrogen-bond donors (Lipinski definition) is 3. The molecule has 0 spiro atoms. The first-order valence-corrected chi connectivity index (χ1v) is 11.6. The number of nitroso groups, excluding NO2 is 1. The topological polar surface area (TPSA) is 188 Å². The standard InChI is InChI=1S/C20H16N6O6S2/c21-5-9-2-1-3-11(4-9)32-6-10-7-33-18-14(17(28)26(18)15(10)19(29)30)24-16(27)13(25-31)12-8-34-20(22)23-12/h1-4,8,13-14,18H,6-7H2,(H2,22,23)(H,24,27)(H,29,30)/t13?,14?,18-/m0/s1. The Bertz CT molecular complexity index is 1250. The summed E-state index contributed by atoms with van der Waals surface area (Å²) in [5.41, 5.74) is 6.16. The van der Waals surface area contributed by atoms with Crippen molar-refractivity contribution in [1.29, 1.82) is 5.26 Å². The van der Waals surface area contributed by atoms with Crippen LogP contribution in [0.4, 0.5) is 5.13 Å². The van der Waals surface area contributed by atoms with E-state index in [0.29, 0.717) is 16.9 Å². The zero-order valence-corrected chi connectivity index (χ0v) is 18.8. The molecule has 12 nitrogen and oxygen atoms in total. The number of thiazole rings is 1. The van der Waals surface area contributed by atoms with E-state index >= 15 is 0 Å². The number of nitriles is 1. The Morgan fingerprint density at radius 1 is 1.47 bits per heavy atom. The molecule has 2 aliphatic rings. The second kappa shape index (κ2) is 9.49. The molecule has 0 radical (unpaired) electrons. The molecule has 1 aromatic heterocycles. The molecule has 2 unspecified atom stereocenters. The molecule has 3 atom stereocenters. The minimum Gasteiger partial charge on any atom is -0.489 e. The van der Waals surface area contributed by atoms with Crippen molar-refractivity contribution in [3.8, 4) is 11.8 Å². The number of hydrogen-bond acceptors (Lipinski definition) is 11. The van der Waals surface area contributed by atoms with Crippen LogP contribution in [0.2, 0.25) is 0 Å². The number of carboxylic acid groups (broad SMARTS) is 1. The molecule has 4 rings (SSSR count). The van der Waals surface area contributed by atoms with Crippen LogP contribution in [0.15, 0.2) is 46.1 Å². The molecule has 1 aromatic carbocycles. The summed E-state index contributed by atoms with van der Waals surface area (Å²) in [5, 5.41) is 24.9. The van der Waals surface area contributed by atoms with Crippen LogP contribution in [0, 0.1) is 16.2 Å². The second-order valence-corrected chi connectivity index (χ2v) is 9.19. The first kappa shape index (κ1) is 23.2. The van der Waals surface area contributed by atoms with E-state index in [4.69, 9.17) is 15.7 Å². The fourth-order valence-electron chi connectivity index (χ4n) is 3.51. The Kier molecular flexibility index (Phi) is 6.48.